The van der Waals surface area contributed by atoms with Crippen LogP contribution in [0.4, 0.5) is 0 Å². The average Bonchev–Trinajstić information content (AvgIpc) is 2.60. The molecule has 0 aliphatic heterocycles. The van der Waals surface area contributed by atoms with Gasteiger partial charge in [0, 0.05) is 17.1 Å². The Hall–Kier alpha value is -2.40. The second-order valence-electron chi connectivity index (χ2n) is 5.67. The maximum atomic E-state index is 12.0. The highest BCUT2D eigenvalue weighted by Gasteiger charge is 2.15. The predicted molar refractivity (Wildman–Crippen MR) is 102 cm³/mol. The fraction of sp³-hybridized carbons (Fsp3) is 0.200. The Kier molecular flexibility index (Phi) is 6.95. The van der Waals surface area contributed by atoms with E-state index in [1.54, 1.807) is 13.0 Å². The Labute approximate surface area is 156 Å². The summed E-state index contributed by atoms with van der Waals surface area (Å²) in [5.41, 5.74) is 3.03. The van der Waals surface area contributed by atoms with E-state index >= 15 is 0 Å². The SMILES string of the molecule is Cc1ccc(CNC(=O)[C@H](C)OC(=O)/C=C/c2ccc(Br)cc2)cc1. The molecule has 2 aromatic rings. The van der Waals surface area contributed by atoms with E-state index in [2.05, 4.69) is 21.2 Å². The second-order valence-corrected chi connectivity index (χ2v) is 6.58. The lowest BCUT2D eigenvalue weighted by Gasteiger charge is -2.12. The van der Waals surface area contributed by atoms with E-state index in [4.69, 9.17) is 4.74 Å². The average molecular weight is 402 g/mol. The predicted octanol–water partition coefficient (Wildman–Crippen LogP) is 4.02. The number of esters is 1. The number of benzene rings is 2. The molecule has 0 heterocycles. The van der Waals surface area contributed by atoms with Crippen LogP contribution in [0, 0.1) is 6.92 Å². The van der Waals surface area contributed by atoms with Gasteiger partial charge in [0.05, 0.1) is 0 Å². The van der Waals surface area contributed by atoms with Crippen molar-refractivity contribution in [2.24, 2.45) is 0 Å². The zero-order valence-corrected chi connectivity index (χ0v) is 15.7. The second kappa shape index (κ2) is 9.18. The minimum absolute atomic E-state index is 0.328. The summed E-state index contributed by atoms with van der Waals surface area (Å²) in [4.78, 5) is 23.8. The van der Waals surface area contributed by atoms with Crippen LogP contribution in [-0.4, -0.2) is 18.0 Å². The highest BCUT2D eigenvalue weighted by atomic mass is 79.9. The summed E-state index contributed by atoms with van der Waals surface area (Å²) in [5, 5.41) is 2.76. The number of hydrogen-bond donors (Lipinski definition) is 1. The van der Waals surface area contributed by atoms with Crippen molar-refractivity contribution in [1.82, 2.24) is 5.32 Å². The molecule has 0 aromatic heterocycles. The van der Waals surface area contributed by atoms with Crippen molar-refractivity contribution in [3.8, 4) is 0 Å². The number of carbonyl (C=O) groups is 2. The number of rotatable bonds is 6. The summed E-state index contributed by atoms with van der Waals surface area (Å²) >= 11 is 3.35. The Morgan fingerprint density at radius 3 is 2.40 bits per heavy atom. The molecule has 5 heteroatoms. The molecule has 25 heavy (non-hydrogen) atoms. The fourth-order valence-corrected chi connectivity index (χ4v) is 2.31. The molecule has 0 aliphatic carbocycles. The van der Waals surface area contributed by atoms with Crippen molar-refractivity contribution in [2.75, 3.05) is 0 Å². The van der Waals surface area contributed by atoms with Crippen LogP contribution >= 0.6 is 15.9 Å². The summed E-state index contributed by atoms with van der Waals surface area (Å²) in [6.07, 6.45) is 2.10. The third kappa shape index (κ3) is 6.55. The van der Waals surface area contributed by atoms with Crippen LogP contribution in [0.3, 0.4) is 0 Å². The van der Waals surface area contributed by atoms with Gasteiger partial charge in [0.15, 0.2) is 6.10 Å². The summed E-state index contributed by atoms with van der Waals surface area (Å²) in [6, 6.07) is 15.4. The van der Waals surface area contributed by atoms with Gasteiger partial charge in [0.25, 0.3) is 5.91 Å². The van der Waals surface area contributed by atoms with Crippen LogP contribution in [0.1, 0.15) is 23.6 Å². The van der Waals surface area contributed by atoms with Crippen LogP contribution in [-0.2, 0) is 20.9 Å². The molecule has 2 rings (SSSR count). The quantitative estimate of drug-likeness (QED) is 0.587. The molecule has 2 aromatic carbocycles. The lowest BCUT2D eigenvalue weighted by molar-refractivity contribution is -0.150. The Bertz CT molecular complexity index is 752. The van der Waals surface area contributed by atoms with Gasteiger partial charge in [-0.25, -0.2) is 4.79 Å². The normalized spacial score (nSPS) is 12.0. The fourth-order valence-electron chi connectivity index (χ4n) is 2.04. The number of amides is 1. The Morgan fingerprint density at radius 2 is 1.76 bits per heavy atom. The highest BCUT2D eigenvalue weighted by molar-refractivity contribution is 9.10. The molecule has 0 spiro atoms. The highest BCUT2D eigenvalue weighted by Crippen LogP contribution is 2.11. The van der Waals surface area contributed by atoms with Crippen molar-refractivity contribution >= 4 is 33.9 Å². The van der Waals surface area contributed by atoms with Crippen molar-refractivity contribution in [3.05, 3.63) is 75.8 Å². The lowest BCUT2D eigenvalue weighted by atomic mass is 10.1. The topological polar surface area (TPSA) is 55.4 Å². The van der Waals surface area contributed by atoms with Crippen molar-refractivity contribution < 1.29 is 14.3 Å². The first-order valence-electron chi connectivity index (χ1n) is 7.91. The standard InChI is InChI=1S/C20H20BrNO3/c1-14-3-5-17(6-4-14)13-22-20(24)15(2)25-19(23)12-9-16-7-10-18(21)11-8-16/h3-12,15H,13H2,1-2H3,(H,22,24)/b12-9+/t15-/m0/s1. The van der Waals surface area contributed by atoms with E-state index in [0.29, 0.717) is 6.54 Å². The van der Waals surface area contributed by atoms with E-state index in [9.17, 15) is 9.59 Å². The maximum Gasteiger partial charge on any atom is 0.331 e. The molecular formula is C20H20BrNO3. The number of aryl methyl sites for hydroxylation is 1. The van der Waals surface area contributed by atoms with Gasteiger partial charge < -0.3 is 10.1 Å². The molecule has 1 N–H and O–H groups in total. The van der Waals surface area contributed by atoms with Gasteiger partial charge in [-0.05, 0) is 43.2 Å². The number of ether oxygens (including phenoxy) is 1. The molecule has 130 valence electrons. The summed E-state index contributed by atoms with van der Waals surface area (Å²) in [5.74, 6) is -0.883. The number of halogens is 1. The Balaban J connectivity index is 1.80. The third-order valence-electron chi connectivity index (χ3n) is 3.53. The van der Waals surface area contributed by atoms with Crippen molar-refractivity contribution in [3.63, 3.8) is 0 Å². The first-order valence-corrected chi connectivity index (χ1v) is 8.71. The zero-order chi connectivity index (χ0) is 18.2. The first kappa shape index (κ1) is 18.9. The molecule has 0 saturated heterocycles. The molecule has 0 bridgehead atoms. The minimum Gasteiger partial charge on any atom is -0.449 e. The number of hydrogen-bond acceptors (Lipinski definition) is 3. The van der Waals surface area contributed by atoms with E-state index in [1.165, 1.54) is 6.08 Å². The van der Waals surface area contributed by atoms with Gasteiger partial charge >= 0.3 is 5.97 Å². The molecule has 0 aliphatic rings. The zero-order valence-electron chi connectivity index (χ0n) is 14.2. The number of nitrogens with one attached hydrogen (secondary N) is 1. The summed E-state index contributed by atoms with van der Waals surface area (Å²) in [6.45, 7) is 3.96. The van der Waals surface area contributed by atoms with Crippen LogP contribution in [0.2, 0.25) is 0 Å². The van der Waals surface area contributed by atoms with Gasteiger partial charge in [-0.1, -0.05) is 57.9 Å². The van der Waals surface area contributed by atoms with Crippen molar-refractivity contribution in [1.29, 1.82) is 0 Å². The monoisotopic (exact) mass is 401 g/mol. The Morgan fingerprint density at radius 1 is 1.12 bits per heavy atom. The molecular weight excluding hydrogens is 382 g/mol. The van der Waals surface area contributed by atoms with E-state index < -0.39 is 12.1 Å². The van der Waals surface area contributed by atoms with Gasteiger partial charge in [0.1, 0.15) is 0 Å². The third-order valence-corrected chi connectivity index (χ3v) is 4.06. The van der Waals surface area contributed by atoms with E-state index in [1.807, 2.05) is 55.5 Å². The molecule has 4 nitrogen and oxygen atoms in total. The summed E-state index contributed by atoms with van der Waals surface area (Å²) in [7, 11) is 0. The van der Waals surface area contributed by atoms with Gasteiger partial charge in [-0.15, -0.1) is 0 Å². The number of carbonyl (C=O) groups excluding carboxylic acids is 2. The van der Waals surface area contributed by atoms with Crippen LogP contribution in [0.5, 0.6) is 0 Å². The largest absolute Gasteiger partial charge is 0.449 e. The van der Waals surface area contributed by atoms with Gasteiger partial charge in [0.2, 0.25) is 0 Å². The minimum atomic E-state index is -0.854. The molecule has 0 fully saturated rings. The summed E-state index contributed by atoms with van der Waals surface area (Å²) < 4.78 is 6.08. The molecule has 1 atom stereocenters. The van der Waals surface area contributed by atoms with E-state index in [-0.39, 0.29) is 5.91 Å². The smallest absolute Gasteiger partial charge is 0.331 e. The first-order chi connectivity index (χ1) is 11.9. The van der Waals surface area contributed by atoms with Crippen LogP contribution < -0.4 is 5.32 Å². The van der Waals surface area contributed by atoms with Gasteiger partial charge in [-0.2, -0.15) is 0 Å². The lowest BCUT2D eigenvalue weighted by Crippen LogP contribution is -2.35. The molecule has 0 unspecified atom stereocenters. The maximum absolute atomic E-state index is 12.0. The van der Waals surface area contributed by atoms with E-state index in [0.717, 1.165) is 21.2 Å². The van der Waals surface area contributed by atoms with Crippen LogP contribution in [0.25, 0.3) is 6.08 Å². The molecule has 0 saturated carbocycles. The molecule has 1 amide bonds. The van der Waals surface area contributed by atoms with Crippen LogP contribution in [0.15, 0.2) is 59.1 Å². The van der Waals surface area contributed by atoms with Crippen molar-refractivity contribution in [2.45, 2.75) is 26.5 Å². The molecule has 0 radical (unpaired) electrons. The van der Waals surface area contributed by atoms with Gasteiger partial charge in [-0.3, -0.25) is 4.79 Å².